The summed E-state index contributed by atoms with van der Waals surface area (Å²) in [5.74, 6) is 1.47. The van der Waals surface area contributed by atoms with Crippen LogP contribution in [0.15, 0.2) is 18.2 Å². The lowest BCUT2D eigenvalue weighted by Gasteiger charge is -2.13. The normalized spacial score (nSPS) is 10.7. The molecule has 0 saturated heterocycles. The second kappa shape index (κ2) is 7.42. The fourth-order valence-electron chi connectivity index (χ4n) is 1.68. The van der Waals surface area contributed by atoms with E-state index in [1.165, 1.54) is 0 Å². The molecule has 2 nitrogen and oxygen atoms in total. The van der Waals surface area contributed by atoms with E-state index in [9.17, 15) is 4.79 Å². The Morgan fingerprint density at radius 3 is 2.67 bits per heavy atom. The van der Waals surface area contributed by atoms with Crippen LogP contribution in [0.5, 0.6) is 5.75 Å². The molecule has 0 unspecified atom stereocenters. The molecule has 0 amide bonds. The summed E-state index contributed by atoms with van der Waals surface area (Å²) in [5.41, 5.74) is 1.81. The first-order chi connectivity index (χ1) is 8.60. The topological polar surface area (TPSA) is 26.3 Å². The zero-order chi connectivity index (χ0) is 13.5. The first-order valence-electron chi connectivity index (χ1n) is 6.46. The van der Waals surface area contributed by atoms with Crippen LogP contribution in [0.3, 0.4) is 0 Å². The molecule has 0 fully saturated rings. The number of ketones is 1. The minimum atomic E-state index is 0.0543. The molecule has 18 heavy (non-hydrogen) atoms. The maximum absolute atomic E-state index is 12.0. The minimum absolute atomic E-state index is 0.0543. The van der Waals surface area contributed by atoms with Crippen LogP contribution in [-0.2, 0) is 0 Å². The van der Waals surface area contributed by atoms with Gasteiger partial charge in [0.2, 0.25) is 0 Å². The second-order valence-electron chi connectivity index (χ2n) is 4.62. The predicted octanol–water partition coefficient (Wildman–Crippen LogP) is 4.41. The number of carbonyl (C=O) groups is 1. The molecular weight excluding hydrogens is 248 g/mol. The van der Waals surface area contributed by atoms with E-state index in [2.05, 4.69) is 13.8 Å². The molecule has 0 spiro atoms. The van der Waals surface area contributed by atoms with Crippen LogP contribution in [0.25, 0.3) is 0 Å². The lowest BCUT2D eigenvalue weighted by Crippen LogP contribution is -2.06. The van der Waals surface area contributed by atoms with Crippen LogP contribution >= 0.6 is 11.6 Å². The van der Waals surface area contributed by atoms with Crippen LogP contribution in [-0.4, -0.2) is 18.3 Å². The van der Waals surface area contributed by atoms with Crippen molar-refractivity contribution in [3.05, 3.63) is 29.3 Å². The summed E-state index contributed by atoms with van der Waals surface area (Å²) in [4.78, 5) is 12.0. The third-order valence-corrected chi connectivity index (χ3v) is 2.94. The van der Waals surface area contributed by atoms with Gasteiger partial charge in [0.15, 0.2) is 5.78 Å². The minimum Gasteiger partial charge on any atom is -0.493 e. The molecule has 0 aliphatic heterocycles. The number of rotatable bonds is 7. The summed E-state index contributed by atoms with van der Waals surface area (Å²) in [6.07, 6.45) is 1.28. The molecule has 0 bridgehead atoms. The Labute approximate surface area is 114 Å². The van der Waals surface area contributed by atoms with Gasteiger partial charge in [-0.25, -0.2) is 0 Å². The van der Waals surface area contributed by atoms with Crippen LogP contribution in [0.1, 0.15) is 55.5 Å². The Morgan fingerprint density at radius 1 is 1.39 bits per heavy atom. The summed E-state index contributed by atoms with van der Waals surface area (Å²) in [6, 6.07) is 5.85. The van der Waals surface area contributed by atoms with Crippen molar-refractivity contribution >= 4 is 17.4 Å². The molecule has 0 N–H and O–H groups in total. The summed E-state index contributed by atoms with van der Waals surface area (Å²) in [7, 11) is 0. The average Bonchev–Trinajstić information content (AvgIpc) is 2.36. The molecule has 1 rings (SSSR count). The van der Waals surface area contributed by atoms with Crippen molar-refractivity contribution < 1.29 is 9.53 Å². The molecule has 0 heterocycles. The lowest BCUT2D eigenvalue weighted by atomic mass is 9.98. The average molecular weight is 269 g/mol. The smallest absolute Gasteiger partial charge is 0.167 e. The van der Waals surface area contributed by atoms with E-state index in [4.69, 9.17) is 16.3 Å². The number of Topliss-reactive ketones (excluding diaryl/α,β-unsaturated/α-hetero) is 1. The molecular formula is C15H21ClO2. The van der Waals surface area contributed by atoms with E-state index in [0.29, 0.717) is 36.1 Å². The number of ether oxygens (including phenoxy) is 1. The number of alkyl halides is 1. The molecule has 0 atom stereocenters. The van der Waals surface area contributed by atoms with Crippen molar-refractivity contribution in [1.29, 1.82) is 0 Å². The third-order valence-electron chi connectivity index (χ3n) is 2.75. The number of benzene rings is 1. The van der Waals surface area contributed by atoms with Crippen molar-refractivity contribution in [2.75, 3.05) is 12.5 Å². The maximum atomic E-state index is 12.0. The van der Waals surface area contributed by atoms with Crippen LogP contribution in [0.4, 0.5) is 0 Å². The quantitative estimate of drug-likeness (QED) is 0.541. The summed E-state index contributed by atoms with van der Waals surface area (Å²) in [6.45, 7) is 6.89. The highest BCUT2D eigenvalue weighted by molar-refractivity contribution is 6.19. The first kappa shape index (κ1) is 15.0. The first-order valence-corrected chi connectivity index (χ1v) is 6.99. The molecule has 0 aliphatic carbocycles. The van der Waals surface area contributed by atoms with E-state index in [0.717, 1.165) is 12.0 Å². The fourth-order valence-corrected chi connectivity index (χ4v) is 1.85. The van der Waals surface area contributed by atoms with Gasteiger partial charge in [0.25, 0.3) is 0 Å². The molecule has 0 saturated carbocycles. The fraction of sp³-hybridized carbons (Fsp3) is 0.533. The van der Waals surface area contributed by atoms with Crippen molar-refractivity contribution in [2.45, 2.75) is 39.5 Å². The van der Waals surface area contributed by atoms with Gasteiger partial charge in [-0.1, -0.05) is 26.8 Å². The highest BCUT2D eigenvalue weighted by Gasteiger charge is 2.14. The molecule has 1 aromatic carbocycles. The van der Waals surface area contributed by atoms with Gasteiger partial charge < -0.3 is 4.74 Å². The van der Waals surface area contributed by atoms with Crippen LogP contribution < -0.4 is 4.74 Å². The van der Waals surface area contributed by atoms with Gasteiger partial charge in [-0.05, 0) is 30.0 Å². The predicted molar refractivity (Wildman–Crippen MR) is 76.0 cm³/mol. The number of hydrogen-bond donors (Lipinski definition) is 0. The monoisotopic (exact) mass is 268 g/mol. The third kappa shape index (κ3) is 4.02. The Hall–Kier alpha value is -1.02. The van der Waals surface area contributed by atoms with Gasteiger partial charge >= 0.3 is 0 Å². The molecule has 100 valence electrons. The highest BCUT2D eigenvalue weighted by Crippen LogP contribution is 2.25. The number of hydrogen-bond acceptors (Lipinski definition) is 2. The van der Waals surface area contributed by atoms with E-state index in [1.807, 2.05) is 25.1 Å². The van der Waals surface area contributed by atoms with Gasteiger partial charge in [0, 0.05) is 12.3 Å². The standard InChI is InChI=1S/C15H21ClO2/c1-4-9-18-15-6-5-12(11(2)3)10-13(15)14(17)7-8-16/h5-6,10-11H,4,7-9H2,1-3H3. The zero-order valence-corrected chi connectivity index (χ0v) is 12.1. The molecule has 0 aromatic heterocycles. The summed E-state index contributed by atoms with van der Waals surface area (Å²) in [5, 5.41) is 0. The number of halogens is 1. The van der Waals surface area contributed by atoms with Gasteiger partial charge in [0.05, 0.1) is 12.2 Å². The summed E-state index contributed by atoms with van der Waals surface area (Å²) >= 11 is 5.64. The number of carbonyl (C=O) groups excluding carboxylic acids is 1. The SMILES string of the molecule is CCCOc1ccc(C(C)C)cc1C(=O)CCCl. The van der Waals surface area contributed by atoms with Crippen LogP contribution in [0, 0.1) is 0 Å². The van der Waals surface area contributed by atoms with E-state index < -0.39 is 0 Å². The van der Waals surface area contributed by atoms with Crippen molar-refractivity contribution in [3.63, 3.8) is 0 Å². The Kier molecular flexibility index (Phi) is 6.20. The Morgan fingerprint density at radius 2 is 2.11 bits per heavy atom. The van der Waals surface area contributed by atoms with Gasteiger partial charge in [-0.2, -0.15) is 0 Å². The van der Waals surface area contributed by atoms with Crippen LogP contribution in [0.2, 0.25) is 0 Å². The summed E-state index contributed by atoms with van der Waals surface area (Å²) < 4.78 is 5.62. The Bertz CT molecular complexity index is 399. The van der Waals surface area contributed by atoms with Crippen molar-refractivity contribution in [1.82, 2.24) is 0 Å². The molecule has 0 aliphatic rings. The lowest BCUT2D eigenvalue weighted by molar-refractivity contribution is 0.0985. The van der Waals surface area contributed by atoms with Gasteiger partial charge in [-0.3, -0.25) is 4.79 Å². The molecule has 0 radical (unpaired) electrons. The van der Waals surface area contributed by atoms with Crippen molar-refractivity contribution in [3.8, 4) is 5.75 Å². The Balaban J connectivity index is 3.05. The van der Waals surface area contributed by atoms with Gasteiger partial charge in [-0.15, -0.1) is 11.6 Å². The zero-order valence-electron chi connectivity index (χ0n) is 11.3. The second-order valence-corrected chi connectivity index (χ2v) is 5.00. The highest BCUT2D eigenvalue weighted by atomic mass is 35.5. The molecule has 3 heteroatoms. The molecule has 1 aromatic rings. The van der Waals surface area contributed by atoms with E-state index in [-0.39, 0.29) is 5.78 Å². The largest absolute Gasteiger partial charge is 0.493 e. The van der Waals surface area contributed by atoms with E-state index >= 15 is 0 Å². The van der Waals surface area contributed by atoms with E-state index in [1.54, 1.807) is 0 Å². The van der Waals surface area contributed by atoms with Gasteiger partial charge in [0.1, 0.15) is 5.75 Å². The van der Waals surface area contributed by atoms with Crippen molar-refractivity contribution in [2.24, 2.45) is 0 Å². The maximum Gasteiger partial charge on any atom is 0.167 e.